The van der Waals surface area contributed by atoms with Crippen LogP contribution in [0.1, 0.15) is 31.1 Å². The van der Waals surface area contributed by atoms with E-state index in [4.69, 9.17) is 14.2 Å². The summed E-state index contributed by atoms with van der Waals surface area (Å²) in [7, 11) is 1.19. The number of hydrogen-bond donors (Lipinski definition) is 1. The molecule has 1 aromatic heterocycles. The Morgan fingerprint density at radius 1 is 1.14 bits per heavy atom. The van der Waals surface area contributed by atoms with Gasteiger partial charge in [-0.1, -0.05) is 0 Å². The molecule has 0 radical (unpaired) electrons. The minimum atomic E-state index is -0.900. The fourth-order valence-electron chi connectivity index (χ4n) is 4.21. The number of esters is 1. The number of fused-ring (bicyclic) bond motifs is 2. The van der Waals surface area contributed by atoms with Gasteiger partial charge in [-0.2, -0.15) is 9.37 Å². The van der Waals surface area contributed by atoms with Crippen LogP contribution >= 0.6 is 0 Å². The van der Waals surface area contributed by atoms with Gasteiger partial charge in [0.15, 0.2) is 5.82 Å². The maximum absolute atomic E-state index is 15.2. The molecule has 2 fully saturated rings. The first-order chi connectivity index (χ1) is 17.1. The Labute approximate surface area is 206 Å². The Balaban J connectivity index is 1.48. The molecule has 2 saturated heterocycles. The highest BCUT2D eigenvalue weighted by molar-refractivity contribution is 5.89. The van der Waals surface area contributed by atoms with Crippen molar-refractivity contribution >= 4 is 23.6 Å². The van der Waals surface area contributed by atoms with Gasteiger partial charge in [-0.05, 0) is 39.0 Å². The number of aromatic nitrogens is 2. The smallest absolute Gasteiger partial charge is 0.410 e. The lowest BCUT2D eigenvalue weighted by Crippen LogP contribution is -2.59. The topological polar surface area (TPSA) is 112 Å². The van der Waals surface area contributed by atoms with Crippen molar-refractivity contribution in [3.05, 3.63) is 41.7 Å². The third kappa shape index (κ3) is 5.64. The van der Waals surface area contributed by atoms with E-state index in [1.165, 1.54) is 19.2 Å². The van der Waals surface area contributed by atoms with Crippen LogP contribution in [0.3, 0.4) is 0 Å². The number of halogens is 2. The summed E-state index contributed by atoms with van der Waals surface area (Å²) in [4.78, 5) is 33.5. The van der Waals surface area contributed by atoms with Crippen molar-refractivity contribution in [3.63, 3.8) is 0 Å². The molecule has 2 unspecified atom stereocenters. The molecule has 1 amide bonds. The first-order valence-electron chi connectivity index (χ1n) is 11.4. The molecule has 3 heterocycles. The summed E-state index contributed by atoms with van der Waals surface area (Å²) in [6, 6.07) is 3.59. The van der Waals surface area contributed by atoms with Crippen LogP contribution in [0.15, 0.2) is 24.5 Å². The van der Waals surface area contributed by atoms with E-state index in [-0.39, 0.29) is 34.8 Å². The third-order valence-corrected chi connectivity index (χ3v) is 5.80. The van der Waals surface area contributed by atoms with E-state index < -0.39 is 35.4 Å². The molecule has 10 nitrogen and oxygen atoms in total. The maximum atomic E-state index is 15.2. The van der Waals surface area contributed by atoms with Crippen molar-refractivity contribution in [1.29, 1.82) is 0 Å². The Kier molecular flexibility index (Phi) is 7.25. The number of nitrogens with zero attached hydrogens (tertiary/aromatic N) is 3. The number of rotatable bonds is 5. The van der Waals surface area contributed by atoms with E-state index in [2.05, 4.69) is 20.0 Å². The molecule has 12 heteroatoms. The summed E-state index contributed by atoms with van der Waals surface area (Å²) in [6.45, 7) is 6.71. The summed E-state index contributed by atoms with van der Waals surface area (Å²) >= 11 is 0. The predicted molar refractivity (Wildman–Crippen MR) is 123 cm³/mol. The highest BCUT2D eigenvalue weighted by atomic mass is 19.1. The summed E-state index contributed by atoms with van der Waals surface area (Å²) < 4.78 is 51.4. The molecule has 36 heavy (non-hydrogen) atoms. The molecule has 0 aliphatic carbocycles. The number of ether oxygens (including phenoxy) is 4. The number of amides is 1. The van der Waals surface area contributed by atoms with Gasteiger partial charge in [-0.15, -0.1) is 0 Å². The van der Waals surface area contributed by atoms with Crippen LogP contribution < -0.4 is 10.1 Å². The molecule has 4 rings (SSSR count). The molecule has 1 aromatic carbocycles. The van der Waals surface area contributed by atoms with Crippen LogP contribution in [-0.4, -0.2) is 72.0 Å². The average Bonchev–Trinajstić information content (AvgIpc) is 2.80. The molecule has 0 spiro atoms. The lowest BCUT2D eigenvalue weighted by molar-refractivity contribution is -0.114. The number of carbonyl (C=O) groups is 2. The van der Waals surface area contributed by atoms with Crippen LogP contribution in [0.4, 0.5) is 25.1 Å². The van der Waals surface area contributed by atoms with Gasteiger partial charge in [0, 0.05) is 24.9 Å². The Morgan fingerprint density at radius 3 is 2.44 bits per heavy atom. The minimum Gasteiger partial charge on any atom is -0.471 e. The first kappa shape index (κ1) is 25.5. The normalized spacial score (nSPS) is 21.5. The highest BCUT2D eigenvalue weighted by Crippen LogP contribution is 2.34. The van der Waals surface area contributed by atoms with Crippen molar-refractivity contribution in [2.45, 2.75) is 32.5 Å². The Morgan fingerprint density at radius 2 is 1.83 bits per heavy atom. The second-order valence-corrected chi connectivity index (χ2v) is 9.68. The third-order valence-electron chi connectivity index (χ3n) is 5.80. The number of anilines is 2. The van der Waals surface area contributed by atoms with Gasteiger partial charge in [-0.25, -0.2) is 19.0 Å². The van der Waals surface area contributed by atoms with Crippen molar-refractivity contribution in [2.24, 2.45) is 11.8 Å². The number of nitrogens with one attached hydrogen (secondary N) is 1. The monoisotopic (exact) mass is 506 g/mol. The van der Waals surface area contributed by atoms with Crippen LogP contribution in [0, 0.1) is 23.5 Å². The summed E-state index contributed by atoms with van der Waals surface area (Å²) in [5.74, 6) is -3.43. The lowest BCUT2D eigenvalue weighted by Gasteiger charge is -2.46. The van der Waals surface area contributed by atoms with E-state index in [9.17, 15) is 14.0 Å². The van der Waals surface area contributed by atoms with Gasteiger partial charge in [0.2, 0.25) is 5.82 Å². The van der Waals surface area contributed by atoms with Gasteiger partial charge >= 0.3 is 12.1 Å². The molecule has 2 atom stereocenters. The average molecular weight is 507 g/mol. The quantitative estimate of drug-likeness (QED) is 0.609. The first-order valence-corrected chi connectivity index (χ1v) is 11.4. The van der Waals surface area contributed by atoms with Crippen LogP contribution in [0.2, 0.25) is 0 Å². The van der Waals surface area contributed by atoms with Crippen LogP contribution in [0.5, 0.6) is 5.88 Å². The molecule has 2 aliphatic heterocycles. The number of hydrogen-bond acceptors (Lipinski definition) is 9. The zero-order valence-electron chi connectivity index (χ0n) is 20.4. The van der Waals surface area contributed by atoms with Gasteiger partial charge in [0.25, 0.3) is 5.88 Å². The number of benzene rings is 1. The summed E-state index contributed by atoms with van der Waals surface area (Å²) in [5.41, 5.74) is -0.704. The molecular weight excluding hydrogens is 478 g/mol. The van der Waals surface area contributed by atoms with E-state index in [0.29, 0.717) is 26.3 Å². The van der Waals surface area contributed by atoms with Crippen molar-refractivity contribution in [1.82, 2.24) is 14.9 Å². The molecular formula is C24H28F2N4O6. The largest absolute Gasteiger partial charge is 0.471 e. The molecule has 2 aromatic rings. The van der Waals surface area contributed by atoms with Crippen molar-refractivity contribution in [2.75, 3.05) is 38.7 Å². The summed E-state index contributed by atoms with van der Waals surface area (Å²) in [5, 5.41) is 2.57. The minimum absolute atomic E-state index is 0.0132. The predicted octanol–water partition coefficient (Wildman–Crippen LogP) is 3.55. The number of likely N-dealkylation sites (tertiary alicyclic amines) is 1. The van der Waals surface area contributed by atoms with Crippen LogP contribution in [0.25, 0.3) is 0 Å². The Bertz CT molecular complexity index is 1130. The van der Waals surface area contributed by atoms with E-state index >= 15 is 4.39 Å². The van der Waals surface area contributed by atoms with E-state index in [1.807, 2.05) is 0 Å². The molecule has 2 aliphatic rings. The zero-order chi connectivity index (χ0) is 26.0. The Hall–Kier alpha value is -3.54. The number of piperidine rings is 1. The van der Waals surface area contributed by atoms with Gasteiger partial charge < -0.3 is 29.2 Å². The fraction of sp³-hybridized carbons (Fsp3) is 0.500. The molecule has 194 valence electrons. The second-order valence-electron chi connectivity index (χ2n) is 9.68. The maximum Gasteiger partial charge on any atom is 0.410 e. The van der Waals surface area contributed by atoms with Gasteiger partial charge in [-0.3, -0.25) is 0 Å². The summed E-state index contributed by atoms with van der Waals surface area (Å²) in [6.07, 6.45) is 0.229. The van der Waals surface area contributed by atoms with E-state index in [0.717, 1.165) is 12.4 Å². The number of methoxy groups -OCH3 is 1. The van der Waals surface area contributed by atoms with E-state index in [1.54, 1.807) is 25.7 Å². The van der Waals surface area contributed by atoms with Crippen molar-refractivity contribution < 1.29 is 37.3 Å². The second kappa shape index (κ2) is 10.2. The van der Waals surface area contributed by atoms with Crippen molar-refractivity contribution in [3.8, 4) is 5.88 Å². The fourth-order valence-corrected chi connectivity index (χ4v) is 4.21. The number of carbonyl (C=O) groups excluding carboxylic acids is 2. The highest BCUT2D eigenvalue weighted by Gasteiger charge is 2.44. The van der Waals surface area contributed by atoms with Crippen LogP contribution in [-0.2, 0) is 14.2 Å². The van der Waals surface area contributed by atoms with Gasteiger partial charge in [0.1, 0.15) is 23.8 Å². The molecule has 2 bridgehead atoms. The molecule has 0 saturated carbocycles. The molecule has 1 N–H and O–H groups in total. The zero-order valence-corrected chi connectivity index (χ0v) is 20.4. The van der Waals surface area contributed by atoms with Gasteiger partial charge in [0.05, 0.1) is 31.6 Å². The lowest BCUT2D eigenvalue weighted by atomic mass is 9.84. The standard InChI is InChI=1S/C24H28F2N4O6/c1-24(2,3)36-23(32)30-8-14-10-34-11-15(9-30)19(14)35-21-18(26)20(27-12-28-21)29-17-6-5-13(7-16(17)25)22(31)33-4/h5-7,12,14-15,19H,8-11H2,1-4H3,(H,27,28,29). The SMILES string of the molecule is COC(=O)c1ccc(Nc2ncnc(OC3C4COCC3CN(C(=O)OC(C)(C)C)C4)c2F)c(F)c1.